The molecule has 7 nitrogen and oxygen atoms in total. The van der Waals surface area contributed by atoms with Crippen molar-refractivity contribution < 1.29 is 4.79 Å². The first-order valence-corrected chi connectivity index (χ1v) is 7.47. The summed E-state index contributed by atoms with van der Waals surface area (Å²) < 4.78 is 0. The minimum atomic E-state index is -0.0885. The maximum Gasteiger partial charge on any atom is 0.322 e. The van der Waals surface area contributed by atoms with E-state index >= 15 is 0 Å². The zero-order chi connectivity index (χ0) is 15.6. The first kappa shape index (κ1) is 13.6. The molecule has 0 fully saturated rings. The molecule has 0 saturated heterocycles. The Kier molecular flexibility index (Phi) is 3.30. The maximum atomic E-state index is 12.4. The predicted octanol–water partition coefficient (Wildman–Crippen LogP) is 2.07. The summed E-state index contributed by atoms with van der Waals surface area (Å²) in [7, 11) is 0. The van der Waals surface area contributed by atoms with Crippen molar-refractivity contribution in [2.24, 2.45) is 0 Å². The Balaban J connectivity index is 1.50. The van der Waals surface area contributed by atoms with Gasteiger partial charge in [0.1, 0.15) is 0 Å². The smallest absolute Gasteiger partial charge is 0.322 e. The van der Waals surface area contributed by atoms with Crippen LogP contribution in [-0.4, -0.2) is 33.0 Å². The van der Waals surface area contributed by atoms with Crippen molar-refractivity contribution in [2.45, 2.75) is 13.0 Å². The summed E-state index contributed by atoms with van der Waals surface area (Å²) >= 11 is 0. The topological polar surface area (TPSA) is 89.7 Å². The van der Waals surface area contributed by atoms with E-state index in [0.717, 1.165) is 28.9 Å². The van der Waals surface area contributed by atoms with Crippen LogP contribution in [0.5, 0.6) is 0 Å². The van der Waals surface area contributed by atoms with Crippen molar-refractivity contribution in [1.82, 2.24) is 25.7 Å². The lowest BCUT2D eigenvalue weighted by Gasteiger charge is -2.18. The summed E-state index contributed by atoms with van der Waals surface area (Å²) in [6.07, 6.45) is 6.19. The van der Waals surface area contributed by atoms with E-state index in [1.807, 2.05) is 24.4 Å². The van der Waals surface area contributed by atoms with Crippen LogP contribution in [0.2, 0.25) is 0 Å². The molecule has 0 saturated carbocycles. The van der Waals surface area contributed by atoms with Gasteiger partial charge in [0.05, 0.1) is 18.4 Å². The first-order chi connectivity index (χ1) is 11.3. The minimum absolute atomic E-state index is 0.0885. The molecule has 0 aliphatic carbocycles. The van der Waals surface area contributed by atoms with Crippen LogP contribution >= 0.6 is 0 Å². The molecule has 1 aliphatic heterocycles. The third-order valence-corrected chi connectivity index (χ3v) is 4.04. The van der Waals surface area contributed by atoms with E-state index in [9.17, 15) is 4.79 Å². The Hall–Kier alpha value is -3.09. The zero-order valence-electron chi connectivity index (χ0n) is 12.4. The van der Waals surface area contributed by atoms with Crippen molar-refractivity contribution >= 4 is 11.7 Å². The third kappa shape index (κ3) is 2.57. The van der Waals surface area contributed by atoms with Gasteiger partial charge in [-0.1, -0.05) is 6.07 Å². The zero-order valence-corrected chi connectivity index (χ0v) is 12.4. The van der Waals surface area contributed by atoms with Gasteiger partial charge in [-0.3, -0.25) is 15.1 Å². The Morgan fingerprint density at radius 3 is 3.00 bits per heavy atom. The Morgan fingerprint density at radius 2 is 2.22 bits per heavy atom. The predicted molar refractivity (Wildman–Crippen MR) is 85.9 cm³/mol. The van der Waals surface area contributed by atoms with E-state index in [0.29, 0.717) is 13.1 Å². The summed E-state index contributed by atoms with van der Waals surface area (Å²) in [5.41, 5.74) is 5.19. The summed E-state index contributed by atoms with van der Waals surface area (Å²) in [6.45, 7) is 1.14. The summed E-state index contributed by atoms with van der Waals surface area (Å²) in [5, 5.41) is 16.4. The van der Waals surface area contributed by atoms with Crippen molar-refractivity contribution in [3.05, 3.63) is 54.1 Å². The lowest BCUT2D eigenvalue weighted by atomic mass is 10.0. The van der Waals surface area contributed by atoms with Crippen LogP contribution < -0.4 is 10.2 Å². The number of carbonyl (C=O) groups excluding carboxylic acids is 1. The molecule has 23 heavy (non-hydrogen) atoms. The molecule has 2 aromatic heterocycles. The summed E-state index contributed by atoms with van der Waals surface area (Å²) in [6, 6.07) is 7.90. The van der Waals surface area contributed by atoms with Crippen molar-refractivity contribution in [1.29, 1.82) is 0 Å². The number of aromatic nitrogens is 4. The fourth-order valence-electron chi connectivity index (χ4n) is 2.85. The number of nitrogens with one attached hydrogen (secondary N) is 3. The first-order valence-electron chi connectivity index (χ1n) is 7.47. The number of carbonyl (C=O) groups is 1. The van der Waals surface area contributed by atoms with E-state index in [-0.39, 0.29) is 6.03 Å². The minimum Gasteiger partial charge on any atom is -0.332 e. The van der Waals surface area contributed by atoms with Gasteiger partial charge in [0.15, 0.2) is 0 Å². The Labute approximate surface area is 132 Å². The molecule has 0 unspecified atom stereocenters. The van der Waals surface area contributed by atoms with E-state index in [1.165, 1.54) is 5.56 Å². The number of rotatable bonds is 3. The molecule has 1 aromatic carbocycles. The highest BCUT2D eigenvalue weighted by Crippen LogP contribution is 2.32. The summed E-state index contributed by atoms with van der Waals surface area (Å²) in [4.78, 5) is 14.2. The number of amides is 2. The number of hydrogen-bond donors (Lipinski definition) is 3. The molecule has 0 bridgehead atoms. The van der Waals surface area contributed by atoms with Crippen molar-refractivity contribution in [2.75, 3.05) is 11.4 Å². The SMILES string of the molecule is O=C(NCc1ccn[nH]1)N1CCc2cc(-c3cn[nH]c3)ccc21. The lowest BCUT2D eigenvalue weighted by molar-refractivity contribution is 0.246. The third-order valence-electron chi connectivity index (χ3n) is 4.04. The fourth-order valence-corrected chi connectivity index (χ4v) is 2.85. The van der Waals surface area contributed by atoms with Gasteiger partial charge in [-0.15, -0.1) is 0 Å². The van der Waals surface area contributed by atoms with Gasteiger partial charge in [-0.2, -0.15) is 10.2 Å². The van der Waals surface area contributed by atoms with Crippen molar-refractivity contribution in [3.63, 3.8) is 0 Å². The number of urea groups is 1. The van der Waals surface area contributed by atoms with Gasteiger partial charge in [0, 0.05) is 30.2 Å². The van der Waals surface area contributed by atoms with Gasteiger partial charge in [0.25, 0.3) is 0 Å². The van der Waals surface area contributed by atoms with Crippen LogP contribution in [-0.2, 0) is 13.0 Å². The molecule has 3 aromatic rings. The molecular formula is C16H16N6O. The Bertz CT molecular complexity index is 809. The van der Waals surface area contributed by atoms with E-state index in [4.69, 9.17) is 0 Å². The van der Waals surface area contributed by atoms with Crippen LogP contribution in [0, 0.1) is 0 Å². The average molecular weight is 308 g/mol. The van der Waals surface area contributed by atoms with E-state index in [2.05, 4.69) is 31.8 Å². The molecule has 1 aliphatic rings. The average Bonchev–Trinajstić information content (AvgIpc) is 3.32. The second kappa shape index (κ2) is 5.60. The van der Waals surface area contributed by atoms with Gasteiger partial charge in [-0.05, 0) is 35.7 Å². The number of anilines is 1. The van der Waals surface area contributed by atoms with Crippen LogP contribution in [0.3, 0.4) is 0 Å². The largest absolute Gasteiger partial charge is 0.332 e. The molecule has 0 radical (unpaired) electrons. The molecular weight excluding hydrogens is 292 g/mol. The monoisotopic (exact) mass is 308 g/mol. The molecule has 3 heterocycles. The van der Waals surface area contributed by atoms with Gasteiger partial charge in [-0.25, -0.2) is 4.79 Å². The van der Waals surface area contributed by atoms with Crippen LogP contribution in [0.25, 0.3) is 11.1 Å². The lowest BCUT2D eigenvalue weighted by Crippen LogP contribution is -2.38. The molecule has 2 amide bonds. The number of aromatic amines is 2. The number of fused-ring (bicyclic) bond motifs is 1. The summed E-state index contributed by atoms with van der Waals surface area (Å²) in [5.74, 6) is 0. The molecule has 4 rings (SSSR count). The number of nitrogens with zero attached hydrogens (tertiary/aromatic N) is 3. The second-order valence-corrected chi connectivity index (χ2v) is 5.47. The number of H-pyrrole nitrogens is 2. The number of benzene rings is 1. The Morgan fingerprint density at radius 1 is 1.26 bits per heavy atom. The van der Waals surface area contributed by atoms with Gasteiger partial charge >= 0.3 is 6.03 Å². The van der Waals surface area contributed by atoms with Crippen LogP contribution in [0.4, 0.5) is 10.5 Å². The quantitative estimate of drug-likeness (QED) is 0.692. The molecule has 0 spiro atoms. The standard InChI is InChI=1S/C16H16N6O/c23-16(17-10-14-3-5-18-21-14)22-6-4-12-7-11(1-2-15(12)22)13-8-19-20-9-13/h1-3,5,7-9H,4,6,10H2,(H,17,23)(H,18,21)(H,19,20). The molecule has 7 heteroatoms. The number of hydrogen-bond acceptors (Lipinski definition) is 3. The molecule has 3 N–H and O–H groups in total. The van der Waals surface area contributed by atoms with Crippen LogP contribution in [0.15, 0.2) is 42.9 Å². The fraction of sp³-hybridized carbons (Fsp3) is 0.188. The van der Waals surface area contributed by atoms with Gasteiger partial charge < -0.3 is 5.32 Å². The second-order valence-electron chi connectivity index (χ2n) is 5.47. The highest BCUT2D eigenvalue weighted by Gasteiger charge is 2.24. The highest BCUT2D eigenvalue weighted by atomic mass is 16.2. The normalized spacial score (nSPS) is 13.1. The van der Waals surface area contributed by atoms with E-state index in [1.54, 1.807) is 17.3 Å². The molecule has 0 atom stereocenters. The highest BCUT2D eigenvalue weighted by molar-refractivity contribution is 5.94. The molecule has 116 valence electrons. The van der Waals surface area contributed by atoms with Gasteiger partial charge in [0.2, 0.25) is 0 Å². The van der Waals surface area contributed by atoms with Crippen molar-refractivity contribution in [3.8, 4) is 11.1 Å². The van der Waals surface area contributed by atoms with Crippen LogP contribution in [0.1, 0.15) is 11.3 Å². The maximum absolute atomic E-state index is 12.4. The van der Waals surface area contributed by atoms with E-state index < -0.39 is 0 Å².